The van der Waals surface area contributed by atoms with Crippen molar-refractivity contribution < 1.29 is 10.3 Å². The smallest absolute Gasteiger partial charge is 0.170 e. The molecule has 1 saturated carbocycles. The van der Waals surface area contributed by atoms with Gasteiger partial charge >= 0.3 is 0 Å². The van der Waals surface area contributed by atoms with E-state index in [1.54, 1.807) is 0 Å². The van der Waals surface area contributed by atoms with Gasteiger partial charge in [-0.25, -0.2) is 0 Å². The minimum absolute atomic E-state index is 0.126. The summed E-state index contributed by atoms with van der Waals surface area (Å²) < 4.78 is 0. The topological polar surface area (TPSA) is 90.9 Å². The number of oxime groups is 1. The highest BCUT2D eigenvalue weighted by Crippen LogP contribution is 2.23. The molecule has 0 bridgehead atoms. The van der Waals surface area contributed by atoms with Crippen LogP contribution in [0.25, 0.3) is 0 Å². The molecule has 1 aliphatic carbocycles. The fraction of sp³-hybridized carbons (Fsp3) is 0.533. The summed E-state index contributed by atoms with van der Waals surface area (Å²) in [7, 11) is 0. The quantitative estimate of drug-likeness (QED) is 0.283. The van der Waals surface area contributed by atoms with Gasteiger partial charge in [0.05, 0.1) is 6.10 Å². The van der Waals surface area contributed by atoms with Crippen molar-refractivity contribution in [1.29, 1.82) is 0 Å². The molecule has 1 aromatic carbocycles. The van der Waals surface area contributed by atoms with E-state index in [1.165, 1.54) is 6.42 Å². The average molecular weight is 277 g/mol. The van der Waals surface area contributed by atoms with Gasteiger partial charge in [-0.2, -0.15) is 0 Å². The number of hydrogen-bond donors (Lipinski definition) is 4. The van der Waals surface area contributed by atoms with Gasteiger partial charge in [-0.05, 0) is 43.4 Å². The molecular weight excluding hydrogens is 254 g/mol. The van der Waals surface area contributed by atoms with Crippen molar-refractivity contribution in [2.24, 2.45) is 16.8 Å². The molecule has 0 aliphatic heterocycles. The van der Waals surface area contributed by atoms with Crippen LogP contribution in [0.1, 0.15) is 36.8 Å². The molecule has 0 heterocycles. The van der Waals surface area contributed by atoms with Crippen molar-refractivity contribution in [2.45, 2.75) is 38.3 Å². The van der Waals surface area contributed by atoms with Crippen molar-refractivity contribution >= 4 is 5.84 Å². The Morgan fingerprint density at radius 3 is 3.00 bits per heavy atom. The lowest BCUT2D eigenvalue weighted by Gasteiger charge is -2.26. The van der Waals surface area contributed by atoms with Crippen LogP contribution in [0, 0.1) is 5.92 Å². The third kappa shape index (κ3) is 4.21. The third-order valence-electron chi connectivity index (χ3n) is 3.85. The van der Waals surface area contributed by atoms with Gasteiger partial charge in [0, 0.05) is 12.1 Å². The largest absolute Gasteiger partial charge is 0.409 e. The molecular formula is C15H23N3O2. The predicted molar refractivity (Wildman–Crippen MR) is 78.6 cm³/mol. The average Bonchev–Trinajstić information content (AvgIpc) is 2.47. The van der Waals surface area contributed by atoms with Crippen molar-refractivity contribution in [3.05, 3.63) is 35.4 Å². The lowest BCUT2D eigenvalue weighted by Crippen LogP contribution is -2.29. The van der Waals surface area contributed by atoms with Gasteiger partial charge in [0.15, 0.2) is 5.84 Å². The van der Waals surface area contributed by atoms with E-state index in [4.69, 9.17) is 10.9 Å². The summed E-state index contributed by atoms with van der Waals surface area (Å²) in [6.07, 6.45) is 4.02. The lowest BCUT2D eigenvalue weighted by molar-refractivity contribution is 0.101. The maximum atomic E-state index is 9.64. The van der Waals surface area contributed by atoms with E-state index in [0.29, 0.717) is 5.92 Å². The van der Waals surface area contributed by atoms with Crippen molar-refractivity contribution in [3.63, 3.8) is 0 Å². The molecule has 5 heteroatoms. The lowest BCUT2D eigenvalue weighted by atomic mass is 9.87. The summed E-state index contributed by atoms with van der Waals surface area (Å²) in [4.78, 5) is 0. The molecule has 5 N–H and O–H groups in total. The minimum Gasteiger partial charge on any atom is -0.409 e. The fourth-order valence-corrected chi connectivity index (χ4v) is 2.77. The highest BCUT2D eigenvalue weighted by atomic mass is 16.4. The molecule has 0 saturated heterocycles. The Kier molecular flexibility index (Phi) is 5.38. The zero-order valence-corrected chi connectivity index (χ0v) is 11.6. The molecule has 0 spiro atoms. The predicted octanol–water partition coefficient (Wildman–Crippen LogP) is 1.42. The number of aliphatic hydroxyl groups is 1. The highest BCUT2D eigenvalue weighted by Gasteiger charge is 2.19. The zero-order valence-electron chi connectivity index (χ0n) is 11.6. The number of hydrogen-bond acceptors (Lipinski definition) is 4. The molecule has 0 radical (unpaired) electrons. The van der Waals surface area contributed by atoms with Gasteiger partial charge < -0.3 is 21.4 Å². The summed E-state index contributed by atoms with van der Waals surface area (Å²) >= 11 is 0. The first-order chi connectivity index (χ1) is 9.69. The zero-order chi connectivity index (χ0) is 14.4. The Labute approximate surface area is 119 Å². The van der Waals surface area contributed by atoms with Crippen LogP contribution in [-0.4, -0.2) is 28.8 Å². The summed E-state index contributed by atoms with van der Waals surface area (Å²) in [5.74, 6) is 0.688. The standard InChI is InChI=1S/C15H23N3O2/c16-15(18-20)13-5-1-3-11(7-13)9-17-10-12-4-2-6-14(19)8-12/h1,3,5,7,12,14,17,19-20H,2,4,6,8-10H2,(H2,16,18). The van der Waals surface area contributed by atoms with Crippen LogP contribution in [0.2, 0.25) is 0 Å². The van der Waals surface area contributed by atoms with Gasteiger partial charge in [0.2, 0.25) is 0 Å². The van der Waals surface area contributed by atoms with Crippen molar-refractivity contribution in [1.82, 2.24) is 5.32 Å². The molecule has 2 rings (SSSR count). The Bertz CT molecular complexity index is 462. The van der Waals surface area contributed by atoms with E-state index in [9.17, 15) is 5.11 Å². The fourth-order valence-electron chi connectivity index (χ4n) is 2.77. The molecule has 0 amide bonds. The molecule has 2 unspecified atom stereocenters. The van der Waals surface area contributed by atoms with Crippen LogP contribution in [0.4, 0.5) is 0 Å². The summed E-state index contributed by atoms with van der Waals surface area (Å²) in [5, 5.41) is 24.7. The van der Waals surface area contributed by atoms with Gasteiger partial charge in [-0.15, -0.1) is 0 Å². The summed E-state index contributed by atoms with van der Waals surface area (Å²) in [6.45, 7) is 1.67. The van der Waals surface area contributed by atoms with E-state index < -0.39 is 0 Å². The maximum Gasteiger partial charge on any atom is 0.170 e. The van der Waals surface area contributed by atoms with Crippen LogP contribution in [0.15, 0.2) is 29.4 Å². The normalized spacial score (nSPS) is 23.8. The number of nitrogens with one attached hydrogen (secondary N) is 1. The molecule has 5 nitrogen and oxygen atoms in total. The monoisotopic (exact) mass is 277 g/mol. The van der Waals surface area contributed by atoms with E-state index in [2.05, 4.69) is 10.5 Å². The van der Waals surface area contributed by atoms with Crippen molar-refractivity contribution in [3.8, 4) is 0 Å². The highest BCUT2D eigenvalue weighted by molar-refractivity contribution is 5.97. The summed E-state index contributed by atoms with van der Waals surface area (Å²) in [5.41, 5.74) is 7.40. The third-order valence-corrected chi connectivity index (χ3v) is 3.85. The van der Waals surface area contributed by atoms with E-state index in [0.717, 1.165) is 43.5 Å². The maximum absolute atomic E-state index is 9.64. The SMILES string of the molecule is N/C(=N/O)c1cccc(CNCC2CCCC(O)C2)c1. The summed E-state index contributed by atoms with van der Waals surface area (Å²) in [6, 6.07) is 7.64. The first-order valence-electron chi connectivity index (χ1n) is 7.14. The molecule has 1 fully saturated rings. The van der Waals surface area contributed by atoms with Crippen molar-refractivity contribution in [2.75, 3.05) is 6.54 Å². The number of nitrogens with two attached hydrogens (primary N) is 1. The van der Waals surface area contributed by atoms with E-state index in [-0.39, 0.29) is 11.9 Å². The number of benzene rings is 1. The van der Waals surface area contributed by atoms with Gasteiger partial charge in [0.25, 0.3) is 0 Å². The Morgan fingerprint density at radius 2 is 2.25 bits per heavy atom. The second-order valence-corrected chi connectivity index (χ2v) is 5.50. The molecule has 0 aromatic heterocycles. The first-order valence-corrected chi connectivity index (χ1v) is 7.14. The minimum atomic E-state index is -0.126. The number of nitrogens with zero attached hydrogens (tertiary/aromatic N) is 1. The van der Waals surface area contributed by atoms with Gasteiger partial charge in [-0.1, -0.05) is 29.8 Å². The number of amidine groups is 1. The molecule has 20 heavy (non-hydrogen) atoms. The molecule has 1 aromatic rings. The second-order valence-electron chi connectivity index (χ2n) is 5.50. The van der Waals surface area contributed by atoms with Gasteiger partial charge in [0.1, 0.15) is 0 Å². The Hall–Kier alpha value is -1.59. The number of aliphatic hydroxyl groups excluding tert-OH is 1. The van der Waals surface area contributed by atoms with Crippen LogP contribution in [0.5, 0.6) is 0 Å². The Balaban J connectivity index is 1.82. The van der Waals surface area contributed by atoms with Gasteiger partial charge in [-0.3, -0.25) is 0 Å². The van der Waals surface area contributed by atoms with Crippen LogP contribution < -0.4 is 11.1 Å². The second kappa shape index (κ2) is 7.26. The number of rotatable bonds is 5. The van der Waals surface area contributed by atoms with E-state index >= 15 is 0 Å². The molecule has 1 aliphatic rings. The Morgan fingerprint density at radius 1 is 1.40 bits per heavy atom. The van der Waals surface area contributed by atoms with Crippen LogP contribution in [0.3, 0.4) is 0 Å². The van der Waals surface area contributed by atoms with E-state index in [1.807, 2.05) is 24.3 Å². The van der Waals surface area contributed by atoms with Crippen LogP contribution in [-0.2, 0) is 6.54 Å². The van der Waals surface area contributed by atoms with Crippen LogP contribution >= 0.6 is 0 Å². The molecule has 110 valence electrons. The first kappa shape index (κ1) is 14.8. The molecule has 2 atom stereocenters.